The third-order valence-electron chi connectivity index (χ3n) is 2.28. The highest BCUT2D eigenvalue weighted by molar-refractivity contribution is 5.77. The van der Waals surface area contributed by atoms with Gasteiger partial charge in [0.2, 0.25) is 5.91 Å². The van der Waals surface area contributed by atoms with Crippen LogP contribution in [0.5, 0.6) is 0 Å². The van der Waals surface area contributed by atoms with E-state index < -0.39 is 0 Å². The van der Waals surface area contributed by atoms with Gasteiger partial charge in [0.1, 0.15) is 0 Å². The number of carbonyl (C=O) groups excluding carboxylic acids is 1. The maximum atomic E-state index is 11.4. The van der Waals surface area contributed by atoms with Gasteiger partial charge in [0.05, 0.1) is 12.9 Å². The molecular weight excluding hydrogens is 192 g/mol. The Bertz CT molecular complexity index is 284. The molecule has 0 saturated carbocycles. The number of hydrogen-bond acceptors (Lipinski definition) is 3. The van der Waals surface area contributed by atoms with E-state index in [9.17, 15) is 4.79 Å². The number of nitrogens with one attached hydrogen (secondary N) is 1. The quantitative estimate of drug-likeness (QED) is 0.670. The summed E-state index contributed by atoms with van der Waals surface area (Å²) < 4.78 is 1.97. The summed E-state index contributed by atoms with van der Waals surface area (Å²) in [7, 11) is 1.81. The van der Waals surface area contributed by atoms with E-state index >= 15 is 0 Å². The first-order valence-electron chi connectivity index (χ1n) is 5.14. The number of aromatic nitrogens is 2. The summed E-state index contributed by atoms with van der Waals surface area (Å²) in [5.74, 6) is 0.128. The Morgan fingerprint density at radius 1 is 1.60 bits per heavy atom. The Hall–Kier alpha value is -1.36. The Morgan fingerprint density at radius 2 is 2.40 bits per heavy atom. The zero-order valence-electron chi connectivity index (χ0n) is 9.31. The van der Waals surface area contributed by atoms with Gasteiger partial charge in [-0.2, -0.15) is 0 Å². The summed E-state index contributed by atoms with van der Waals surface area (Å²) in [5, 5.41) is 3.10. The topological polar surface area (TPSA) is 50.2 Å². The SMILES string of the molecule is CCN(C)C(=O)CNCCn1ccnc1. The van der Waals surface area contributed by atoms with Crippen LogP contribution in [-0.2, 0) is 11.3 Å². The number of carbonyl (C=O) groups is 1. The predicted octanol–water partition coefficient (Wildman–Crippen LogP) is -0.0490. The van der Waals surface area contributed by atoms with E-state index in [0.717, 1.165) is 19.6 Å². The third-order valence-corrected chi connectivity index (χ3v) is 2.28. The largest absolute Gasteiger partial charge is 0.345 e. The molecule has 1 rings (SSSR count). The lowest BCUT2D eigenvalue weighted by molar-refractivity contribution is -0.128. The molecule has 0 unspecified atom stereocenters. The van der Waals surface area contributed by atoms with Crippen molar-refractivity contribution in [3.63, 3.8) is 0 Å². The summed E-state index contributed by atoms with van der Waals surface area (Å²) in [6.07, 6.45) is 5.42. The summed E-state index contributed by atoms with van der Waals surface area (Å²) in [5.41, 5.74) is 0. The molecule has 0 radical (unpaired) electrons. The maximum Gasteiger partial charge on any atom is 0.236 e. The van der Waals surface area contributed by atoms with Crippen molar-refractivity contribution in [2.24, 2.45) is 0 Å². The minimum absolute atomic E-state index is 0.128. The minimum atomic E-state index is 0.128. The molecule has 0 atom stereocenters. The van der Waals surface area contributed by atoms with Crippen molar-refractivity contribution in [2.75, 3.05) is 26.7 Å². The molecular formula is C10H18N4O. The van der Waals surface area contributed by atoms with E-state index in [1.165, 1.54) is 0 Å². The van der Waals surface area contributed by atoms with Crippen molar-refractivity contribution in [2.45, 2.75) is 13.5 Å². The molecule has 1 heterocycles. The molecule has 0 aliphatic rings. The number of rotatable bonds is 6. The van der Waals surface area contributed by atoms with Crippen LogP contribution in [0.3, 0.4) is 0 Å². The summed E-state index contributed by atoms with van der Waals surface area (Å²) in [6, 6.07) is 0. The van der Waals surface area contributed by atoms with E-state index in [1.54, 1.807) is 24.5 Å². The van der Waals surface area contributed by atoms with Gasteiger partial charge in [0.25, 0.3) is 0 Å². The van der Waals surface area contributed by atoms with E-state index in [4.69, 9.17) is 0 Å². The zero-order valence-corrected chi connectivity index (χ0v) is 9.31. The average Bonchev–Trinajstić information content (AvgIpc) is 2.75. The van der Waals surface area contributed by atoms with Crippen LogP contribution in [0.25, 0.3) is 0 Å². The van der Waals surface area contributed by atoms with Gasteiger partial charge in [-0.15, -0.1) is 0 Å². The van der Waals surface area contributed by atoms with Crippen molar-refractivity contribution in [1.82, 2.24) is 19.8 Å². The molecule has 1 aromatic heterocycles. The number of nitrogens with zero attached hydrogens (tertiary/aromatic N) is 3. The molecule has 1 N–H and O–H groups in total. The lowest BCUT2D eigenvalue weighted by atomic mass is 10.5. The van der Waals surface area contributed by atoms with E-state index in [1.807, 2.05) is 17.7 Å². The number of imidazole rings is 1. The Labute approximate surface area is 90.1 Å². The van der Waals surface area contributed by atoms with Crippen LogP contribution in [0.1, 0.15) is 6.92 Å². The second-order valence-electron chi connectivity index (χ2n) is 3.39. The molecule has 84 valence electrons. The van der Waals surface area contributed by atoms with Gasteiger partial charge in [-0.1, -0.05) is 0 Å². The van der Waals surface area contributed by atoms with Crippen LogP contribution in [0.2, 0.25) is 0 Å². The Kier molecular flexibility index (Phi) is 4.83. The Balaban J connectivity index is 2.09. The molecule has 0 aromatic carbocycles. The molecule has 0 aliphatic carbocycles. The molecule has 15 heavy (non-hydrogen) atoms. The van der Waals surface area contributed by atoms with Gasteiger partial charge in [-0.05, 0) is 6.92 Å². The smallest absolute Gasteiger partial charge is 0.236 e. The first-order chi connectivity index (χ1) is 7.24. The second kappa shape index (κ2) is 6.19. The van der Waals surface area contributed by atoms with Crippen LogP contribution in [0, 0.1) is 0 Å². The van der Waals surface area contributed by atoms with Crippen LogP contribution in [0.4, 0.5) is 0 Å². The van der Waals surface area contributed by atoms with Crippen molar-refractivity contribution >= 4 is 5.91 Å². The molecule has 1 amide bonds. The van der Waals surface area contributed by atoms with Crippen molar-refractivity contribution in [3.8, 4) is 0 Å². The van der Waals surface area contributed by atoms with Gasteiger partial charge in [0, 0.05) is 39.1 Å². The summed E-state index contributed by atoms with van der Waals surface area (Å²) in [4.78, 5) is 17.0. The number of amides is 1. The number of likely N-dealkylation sites (N-methyl/N-ethyl adjacent to an activating group) is 1. The van der Waals surface area contributed by atoms with Gasteiger partial charge < -0.3 is 14.8 Å². The fraction of sp³-hybridized carbons (Fsp3) is 0.600. The van der Waals surface area contributed by atoms with Crippen LogP contribution >= 0.6 is 0 Å². The second-order valence-corrected chi connectivity index (χ2v) is 3.39. The van der Waals surface area contributed by atoms with Crippen molar-refractivity contribution in [1.29, 1.82) is 0 Å². The molecule has 0 bridgehead atoms. The standard InChI is InChI=1S/C10H18N4O/c1-3-13(2)10(15)8-11-4-6-14-7-5-12-9-14/h5,7,9,11H,3-4,6,8H2,1-2H3. The molecule has 5 nitrogen and oxygen atoms in total. The highest BCUT2D eigenvalue weighted by Gasteiger charge is 2.04. The first-order valence-corrected chi connectivity index (χ1v) is 5.14. The fourth-order valence-corrected chi connectivity index (χ4v) is 1.13. The number of hydrogen-bond donors (Lipinski definition) is 1. The van der Waals surface area contributed by atoms with Crippen molar-refractivity contribution < 1.29 is 4.79 Å². The van der Waals surface area contributed by atoms with Gasteiger partial charge in [-0.25, -0.2) is 4.98 Å². The van der Waals surface area contributed by atoms with Gasteiger partial charge >= 0.3 is 0 Å². The summed E-state index contributed by atoms with van der Waals surface area (Å²) >= 11 is 0. The lowest BCUT2D eigenvalue weighted by Crippen LogP contribution is -2.36. The molecule has 0 fully saturated rings. The Morgan fingerprint density at radius 3 is 3.00 bits per heavy atom. The predicted molar refractivity (Wildman–Crippen MR) is 58.4 cm³/mol. The van der Waals surface area contributed by atoms with Gasteiger partial charge in [-0.3, -0.25) is 4.79 Å². The normalized spacial score (nSPS) is 10.3. The highest BCUT2D eigenvalue weighted by Crippen LogP contribution is 1.85. The first kappa shape index (κ1) is 11.7. The van der Waals surface area contributed by atoms with E-state index in [2.05, 4.69) is 10.3 Å². The molecule has 5 heteroatoms. The highest BCUT2D eigenvalue weighted by atomic mass is 16.2. The third kappa shape index (κ3) is 4.12. The molecule has 1 aromatic rings. The minimum Gasteiger partial charge on any atom is -0.345 e. The van der Waals surface area contributed by atoms with Gasteiger partial charge in [0.15, 0.2) is 0 Å². The summed E-state index contributed by atoms with van der Waals surface area (Å²) in [6.45, 7) is 4.73. The van der Waals surface area contributed by atoms with E-state index in [-0.39, 0.29) is 5.91 Å². The van der Waals surface area contributed by atoms with E-state index in [0.29, 0.717) is 6.54 Å². The van der Waals surface area contributed by atoms with Crippen LogP contribution < -0.4 is 5.32 Å². The zero-order chi connectivity index (χ0) is 11.1. The average molecular weight is 210 g/mol. The fourth-order valence-electron chi connectivity index (χ4n) is 1.13. The maximum absolute atomic E-state index is 11.4. The molecule has 0 spiro atoms. The monoisotopic (exact) mass is 210 g/mol. The van der Waals surface area contributed by atoms with Crippen LogP contribution in [-0.4, -0.2) is 47.0 Å². The lowest BCUT2D eigenvalue weighted by Gasteiger charge is -2.14. The van der Waals surface area contributed by atoms with Crippen molar-refractivity contribution in [3.05, 3.63) is 18.7 Å². The molecule has 0 saturated heterocycles. The van der Waals surface area contributed by atoms with Crippen LogP contribution in [0.15, 0.2) is 18.7 Å². The molecule has 0 aliphatic heterocycles.